The molecular weight excluding hydrogens is 260 g/mol. The van der Waals surface area contributed by atoms with Crippen LogP contribution in [0.25, 0.3) is 0 Å². The lowest BCUT2D eigenvalue weighted by molar-refractivity contribution is 0.0751. The molecule has 0 unspecified atom stereocenters. The molecule has 0 aliphatic heterocycles. The molecule has 1 heteroatoms. The SMILES string of the molecule is CSCCCC[C@]1(C)CCCC[C@]1(C)c1ccccc1. The molecule has 0 nitrogen and oxygen atoms in total. The number of unbranched alkanes of at least 4 members (excludes halogenated alkanes) is 1. The highest BCUT2D eigenvalue weighted by Gasteiger charge is 2.46. The molecule has 1 aliphatic rings. The second-order valence-electron chi connectivity index (χ2n) is 6.92. The van der Waals surface area contributed by atoms with Gasteiger partial charge in [-0.1, -0.05) is 63.4 Å². The van der Waals surface area contributed by atoms with Gasteiger partial charge in [0.15, 0.2) is 0 Å². The number of thioether (sulfide) groups is 1. The van der Waals surface area contributed by atoms with Crippen molar-refractivity contribution in [1.82, 2.24) is 0 Å². The summed E-state index contributed by atoms with van der Waals surface area (Å²) in [6, 6.07) is 11.3. The topological polar surface area (TPSA) is 0 Å². The minimum atomic E-state index is 0.367. The molecule has 0 saturated heterocycles. The quantitative estimate of drug-likeness (QED) is 0.574. The highest BCUT2D eigenvalue weighted by molar-refractivity contribution is 7.98. The van der Waals surface area contributed by atoms with Crippen molar-refractivity contribution in [3.63, 3.8) is 0 Å². The van der Waals surface area contributed by atoms with Gasteiger partial charge >= 0.3 is 0 Å². The molecule has 1 fully saturated rings. The molecule has 1 aromatic rings. The first kappa shape index (κ1) is 15.9. The van der Waals surface area contributed by atoms with Crippen LogP contribution in [0.3, 0.4) is 0 Å². The third-order valence-electron chi connectivity index (χ3n) is 5.73. The van der Waals surface area contributed by atoms with Crippen molar-refractivity contribution in [2.75, 3.05) is 12.0 Å². The van der Waals surface area contributed by atoms with E-state index in [0.29, 0.717) is 10.8 Å². The van der Waals surface area contributed by atoms with Gasteiger partial charge in [-0.3, -0.25) is 0 Å². The Kier molecular flexibility index (Phi) is 5.60. The summed E-state index contributed by atoms with van der Waals surface area (Å²) < 4.78 is 0. The smallest absolute Gasteiger partial charge is 0.00215 e. The van der Waals surface area contributed by atoms with Crippen LogP contribution in [0.5, 0.6) is 0 Å². The van der Waals surface area contributed by atoms with E-state index in [1.165, 1.54) is 50.7 Å². The summed E-state index contributed by atoms with van der Waals surface area (Å²) in [5.41, 5.74) is 2.41. The molecule has 0 N–H and O–H groups in total. The van der Waals surface area contributed by atoms with Crippen LogP contribution in [-0.2, 0) is 5.41 Å². The minimum Gasteiger partial charge on any atom is -0.165 e. The summed E-state index contributed by atoms with van der Waals surface area (Å²) in [7, 11) is 0. The van der Waals surface area contributed by atoms with Gasteiger partial charge in [0.05, 0.1) is 0 Å². The van der Waals surface area contributed by atoms with Crippen LogP contribution >= 0.6 is 11.8 Å². The minimum absolute atomic E-state index is 0.367. The van der Waals surface area contributed by atoms with Crippen LogP contribution in [0.15, 0.2) is 30.3 Å². The number of hydrogen-bond acceptors (Lipinski definition) is 1. The Balaban J connectivity index is 2.15. The second kappa shape index (κ2) is 7.02. The Hall–Kier alpha value is -0.430. The van der Waals surface area contributed by atoms with Gasteiger partial charge in [0.1, 0.15) is 0 Å². The van der Waals surface area contributed by atoms with Gasteiger partial charge < -0.3 is 0 Å². The van der Waals surface area contributed by atoms with Crippen molar-refractivity contribution in [3.05, 3.63) is 35.9 Å². The summed E-state index contributed by atoms with van der Waals surface area (Å²) >= 11 is 1.98. The molecule has 20 heavy (non-hydrogen) atoms. The predicted octanol–water partition coefficient (Wildman–Crippen LogP) is 6.06. The fourth-order valence-corrected chi connectivity index (χ4v) is 4.53. The first-order chi connectivity index (χ1) is 9.62. The van der Waals surface area contributed by atoms with Crippen molar-refractivity contribution in [3.8, 4) is 0 Å². The Labute approximate surface area is 129 Å². The molecule has 2 rings (SSSR count). The molecule has 0 aromatic heterocycles. The normalized spacial score (nSPS) is 30.4. The van der Waals surface area contributed by atoms with Crippen LogP contribution in [-0.4, -0.2) is 12.0 Å². The molecular formula is C19H30S. The fourth-order valence-electron chi connectivity index (χ4n) is 4.03. The molecule has 0 amide bonds. The molecule has 1 saturated carbocycles. The zero-order chi connectivity index (χ0) is 14.5. The summed E-state index contributed by atoms with van der Waals surface area (Å²) in [5.74, 6) is 1.32. The van der Waals surface area contributed by atoms with Gasteiger partial charge in [-0.25, -0.2) is 0 Å². The highest BCUT2D eigenvalue weighted by Crippen LogP contribution is 2.54. The Morgan fingerprint density at radius 3 is 2.40 bits per heavy atom. The van der Waals surface area contributed by atoms with E-state index in [-0.39, 0.29) is 0 Å². The molecule has 0 radical (unpaired) electrons. The number of benzene rings is 1. The van der Waals surface area contributed by atoms with Crippen molar-refractivity contribution in [2.24, 2.45) is 5.41 Å². The molecule has 1 aliphatic carbocycles. The highest BCUT2D eigenvalue weighted by atomic mass is 32.2. The van der Waals surface area contributed by atoms with E-state index >= 15 is 0 Å². The van der Waals surface area contributed by atoms with Crippen molar-refractivity contribution in [2.45, 2.75) is 64.2 Å². The maximum Gasteiger partial charge on any atom is -0.00215 e. The third-order valence-corrected chi connectivity index (χ3v) is 6.42. The predicted molar refractivity (Wildman–Crippen MR) is 92.6 cm³/mol. The van der Waals surface area contributed by atoms with Crippen LogP contribution in [0, 0.1) is 5.41 Å². The van der Waals surface area contributed by atoms with E-state index in [0.717, 1.165) is 0 Å². The van der Waals surface area contributed by atoms with Crippen molar-refractivity contribution in [1.29, 1.82) is 0 Å². The maximum atomic E-state index is 2.55. The van der Waals surface area contributed by atoms with E-state index in [1.54, 1.807) is 5.56 Å². The summed E-state index contributed by atoms with van der Waals surface area (Å²) in [6.45, 7) is 5.08. The first-order valence-corrected chi connectivity index (χ1v) is 9.56. The largest absolute Gasteiger partial charge is 0.165 e. The van der Waals surface area contributed by atoms with Gasteiger partial charge in [0, 0.05) is 0 Å². The van der Waals surface area contributed by atoms with E-state index in [1.807, 2.05) is 11.8 Å². The van der Waals surface area contributed by atoms with Gasteiger partial charge in [-0.05, 0) is 54.1 Å². The lowest BCUT2D eigenvalue weighted by atomic mass is 9.53. The third kappa shape index (κ3) is 3.24. The van der Waals surface area contributed by atoms with Gasteiger partial charge in [0.25, 0.3) is 0 Å². The Bertz CT molecular complexity index is 399. The molecule has 112 valence electrons. The molecule has 2 atom stereocenters. The van der Waals surface area contributed by atoms with Gasteiger partial charge in [0.2, 0.25) is 0 Å². The van der Waals surface area contributed by atoms with Gasteiger partial charge in [-0.2, -0.15) is 11.8 Å². The first-order valence-electron chi connectivity index (χ1n) is 8.17. The molecule has 0 spiro atoms. The lowest BCUT2D eigenvalue weighted by Crippen LogP contribution is -2.44. The van der Waals surface area contributed by atoms with Crippen molar-refractivity contribution < 1.29 is 0 Å². The molecule has 0 bridgehead atoms. The summed E-state index contributed by atoms with van der Waals surface area (Å²) in [5, 5.41) is 0. The summed E-state index contributed by atoms with van der Waals surface area (Å²) in [4.78, 5) is 0. The summed E-state index contributed by atoms with van der Waals surface area (Å²) in [6.07, 6.45) is 11.9. The zero-order valence-corrected chi connectivity index (χ0v) is 14.3. The Morgan fingerprint density at radius 1 is 1.00 bits per heavy atom. The van der Waals surface area contributed by atoms with Crippen LogP contribution < -0.4 is 0 Å². The average Bonchev–Trinajstić information content (AvgIpc) is 2.48. The van der Waals surface area contributed by atoms with Crippen LogP contribution in [0.4, 0.5) is 0 Å². The lowest BCUT2D eigenvalue weighted by Gasteiger charge is -2.51. The maximum absolute atomic E-state index is 2.55. The van der Waals surface area contributed by atoms with E-state index < -0.39 is 0 Å². The zero-order valence-electron chi connectivity index (χ0n) is 13.5. The monoisotopic (exact) mass is 290 g/mol. The fraction of sp³-hybridized carbons (Fsp3) is 0.684. The number of rotatable bonds is 6. The second-order valence-corrected chi connectivity index (χ2v) is 7.90. The standard InChI is InChI=1S/C19H30S/c1-18(14-9-10-16-20-3)13-7-8-15-19(18,2)17-11-5-4-6-12-17/h4-6,11-12H,7-10,13-16H2,1-3H3/t18-,19+/m0/s1. The van der Waals surface area contributed by atoms with Crippen molar-refractivity contribution >= 4 is 11.8 Å². The average molecular weight is 291 g/mol. The Morgan fingerprint density at radius 2 is 1.70 bits per heavy atom. The van der Waals surface area contributed by atoms with E-state index in [2.05, 4.69) is 50.4 Å². The molecule has 0 heterocycles. The van der Waals surface area contributed by atoms with Gasteiger partial charge in [-0.15, -0.1) is 0 Å². The van der Waals surface area contributed by atoms with E-state index in [4.69, 9.17) is 0 Å². The van der Waals surface area contributed by atoms with Crippen LogP contribution in [0.1, 0.15) is 64.4 Å². The van der Waals surface area contributed by atoms with Crippen LogP contribution in [0.2, 0.25) is 0 Å². The molecule has 1 aromatic carbocycles. The number of hydrogen-bond donors (Lipinski definition) is 0. The van der Waals surface area contributed by atoms with E-state index in [9.17, 15) is 0 Å².